The number of hydrogen-bond acceptors (Lipinski definition) is 7. The summed E-state index contributed by atoms with van der Waals surface area (Å²) in [7, 11) is 0.0914. The van der Waals surface area contributed by atoms with E-state index in [9.17, 15) is 26.4 Å². The monoisotopic (exact) mass is 572 g/mol. The minimum absolute atomic E-state index is 0.156. The van der Waals surface area contributed by atoms with Crippen molar-refractivity contribution in [3.8, 4) is 23.0 Å². The topological polar surface area (TPSA) is 117 Å². The molecule has 0 aromatic heterocycles. The van der Waals surface area contributed by atoms with Crippen molar-refractivity contribution in [1.29, 1.82) is 0 Å². The van der Waals surface area contributed by atoms with E-state index in [0.29, 0.717) is 15.8 Å². The maximum Gasteiger partial charge on any atom is 0.253 e. The molecule has 3 aromatic rings. The Morgan fingerprint density at radius 1 is 0.744 bits per heavy atom. The quantitative estimate of drug-likeness (QED) is 0.211. The highest BCUT2D eigenvalue weighted by Gasteiger charge is 2.39. The third-order valence-electron chi connectivity index (χ3n) is 5.75. The first kappa shape index (κ1) is 29.5. The fourth-order valence-electron chi connectivity index (χ4n) is 3.77. The Morgan fingerprint density at radius 3 is 1.56 bits per heavy atom. The molecule has 14 heteroatoms. The Morgan fingerprint density at radius 2 is 1.18 bits per heavy atom. The first-order valence-corrected chi connectivity index (χ1v) is 12.4. The third kappa shape index (κ3) is 5.71. The minimum atomic E-state index is -5.31. The molecule has 3 rings (SSSR count). The Bertz CT molecular complexity index is 1460. The van der Waals surface area contributed by atoms with Gasteiger partial charge < -0.3 is 24.7 Å². The first-order valence-electron chi connectivity index (χ1n) is 11.0. The Labute approximate surface area is 221 Å². The maximum absolute atomic E-state index is 15.0. The predicted molar refractivity (Wildman–Crippen MR) is 130 cm³/mol. The second kappa shape index (κ2) is 11.8. The van der Waals surface area contributed by atoms with Crippen LogP contribution in [0.15, 0.2) is 41.3 Å². The molecule has 2 N–H and O–H groups in total. The zero-order chi connectivity index (χ0) is 29.1. The minimum Gasteiger partial charge on any atom is -0.497 e. The molecule has 0 bridgehead atoms. The highest BCUT2D eigenvalue weighted by Crippen LogP contribution is 2.35. The number of halogens is 4. The maximum atomic E-state index is 15.0. The molecule has 210 valence electrons. The van der Waals surface area contributed by atoms with Crippen LogP contribution in [0.5, 0.6) is 23.0 Å². The summed E-state index contributed by atoms with van der Waals surface area (Å²) < 4.78 is 107. The SMILES string of the molecule is COc1ccc(CN(Cc2ccc(OC)cc2OC)S(=O)(=O)c2c(F)c(F)c(F)c(F)c2C(N)=O)c(OC)c1. The molecular weight excluding hydrogens is 548 g/mol. The molecule has 0 radical (unpaired) electrons. The molecule has 0 heterocycles. The van der Waals surface area contributed by atoms with Gasteiger partial charge in [0, 0.05) is 36.3 Å². The van der Waals surface area contributed by atoms with E-state index in [1.165, 1.54) is 64.8 Å². The van der Waals surface area contributed by atoms with Crippen LogP contribution in [-0.4, -0.2) is 47.1 Å². The number of carbonyl (C=O) groups excluding carboxylic acids is 1. The van der Waals surface area contributed by atoms with Crippen LogP contribution in [0.2, 0.25) is 0 Å². The second-order valence-electron chi connectivity index (χ2n) is 7.95. The number of methoxy groups -OCH3 is 4. The number of sulfonamides is 1. The molecule has 0 unspecified atom stereocenters. The summed E-state index contributed by atoms with van der Waals surface area (Å²) in [5, 5.41) is 0. The average molecular weight is 573 g/mol. The number of amides is 1. The average Bonchev–Trinajstić information content (AvgIpc) is 2.92. The van der Waals surface area contributed by atoms with Crippen molar-refractivity contribution in [3.63, 3.8) is 0 Å². The van der Waals surface area contributed by atoms with Crippen LogP contribution in [0.4, 0.5) is 17.6 Å². The van der Waals surface area contributed by atoms with Crippen LogP contribution in [-0.2, 0) is 23.1 Å². The fraction of sp³-hybridized carbons (Fsp3) is 0.240. The zero-order valence-electron chi connectivity index (χ0n) is 21.2. The molecule has 9 nitrogen and oxygen atoms in total. The summed E-state index contributed by atoms with van der Waals surface area (Å²) in [6.07, 6.45) is 0. The number of carbonyl (C=O) groups is 1. The van der Waals surface area contributed by atoms with Crippen LogP contribution in [0, 0.1) is 23.3 Å². The Hall–Kier alpha value is -4.04. The fourth-order valence-corrected chi connectivity index (χ4v) is 5.41. The van der Waals surface area contributed by atoms with Gasteiger partial charge in [-0.05, 0) is 12.1 Å². The van der Waals surface area contributed by atoms with Crippen LogP contribution < -0.4 is 24.7 Å². The van der Waals surface area contributed by atoms with Gasteiger partial charge in [-0.25, -0.2) is 26.0 Å². The van der Waals surface area contributed by atoms with Crippen molar-refractivity contribution in [2.45, 2.75) is 18.0 Å². The van der Waals surface area contributed by atoms with Gasteiger partial charge in [0.15, 0.2) is 23.3 Å². The number of nitrogens with two attached hydrogens (primary N) is 1. The number of ether oxygens (including phenoxy) is 4. The molecule has 0 saturated heterocycles. The van der Waals surface area contributed by atoms with Crippen molar-refractivity contribution in [2.75, 3.05) is 28.4 Å². The summed E-state index contributed by atoms with van der Waals surface area (Å²) in [4.78, 5) is 10.2. The number of primary amides is 1. The smallest absolute Gasteiger partial charge is 0.253 e. The van der Waals surface area contributed by atoms with Gasteiger partial charge in [0.25, 0.3) is 5.91 Å². The molecule has 3 aromatic carbocycles. The van der Waals surface area contributed by atoms with Crippen molar-refractivity contribution in [2.24, 2.45) is 5.73 Å². The number of benzene rings is 3. The first-order chi connectivity index (χ1) is 18.4. The van der Waals surface area contributed by atoms with Crippen molar-refractivity contribution < 1.29 is 49.7 Å². The summed E-state index contributed by atoms with van der Waals surface area (Å²) in [6, 6.07) is 8.76. The van der Waals surface area contributed by atoms with Gasteiger partial charge in [0.05, 0.1) is 28.4 Å². The van der Waals surface area contributed by atoms with Gasteiger partial charge in [-0.1, -0.05) is 12.1 Å². The highest BCUT2D eigenvalue weighted by atomic mass is 32.2. The van der Waals surface area contributed by atoms with Crippen LogP contribution in [0.3, 0.4) is 0 Å². The lowest BCUT2D eigenvalue weighted by molar-refractivity contribution is 0.0990. The molecule has 1 amide bonds. The second-order valence-corrected chi connectivity index (χ2v) is 9.83. The molecule has 0 atom stereocenters. The lowest BCUT2D eigenvalue weighted by Crippen LogP contribution is -2.34. The molecule has 0 aliphatic heterocycles. The Kier molecular flexibility index (Phi) is 8.92. The van der Waals surface area contributed by atoms with E-state index in [-0.39, 0.29) is 22.6 Å². The van der Waals surface area contributed by atoms with Gasteiger partial charge in [0.1, 0.15) is 33.5 Å². The number of rotatable bonds is 11. The number of nitrogens with zero attached hydrogens (tertiary/aromatic N) is 1. The van der Waals surface area contributed by atoms with Gasteiger partial charge in [-0.3, -0.25) is 4.79 Å². The van der Waals surface area contributed by atoms with E-state index < -0.39 is 62.7 Å². The Balaban J connectivity index is 2.29. The number of hydrogen-bond donors (Lipinski definition) is 1. The molecule has 0 saturated carbocycles. The molecule has 39 heavy (non-hydrogen) atoms. The van der Waals surface area contributed by atoms with Crippen molar-refractivity contribution in [3.05, 3.63) is 76.4 Å². The molecule has 0 aliphatic carbocycles. The summed E-state index contributed by atoms with van der Waals surface area (Å²) in [6.45, 7) is -1.13. The summed E-state index contributed by atoms with van der Waals surface area (Å²) in [5.74, 6) is -10.2. The van der Waals surface area contributed by atoms with Gasteiger partial charge in [0.2, 0.25) is 10.0 Å². The van der Waals surface area contributed by atoms with Gasteiger partial charge in [-0.2, -0.15) is 4.31 Å². The van der Waals surface area contributed by atoms with Crippen molar-refractivity contribution >= 4 is 15.9 Å². The van der Waals surface area contributed by atoms with Gasteiger partial charge in [-0.15, -0.1) is 0 Å². The molecular formula is C25H24F4N2O7S. The summed E-state index contributed by atoms with van der Waals surface area (Å²) in [5.41, 5.74) is 3.85. The highest BCUT2D eigenvalue weighted by molar-refractivity contribution is 7.89. The standard InChI is InChI=1S/C25H24F4N2O7S/c1-35-15-7-5-13(17(9-15)37-3)11-31(12-14-6-8-16(36-2)10-18(14)38-4)39(33,34)24-19(25(30)32)20(26)21(27)22(28)23(24)29/h5-10H,11-12H2,1-4H3,(H2,30,32). The van der Waals surface area contributed by atoms with E-state index >= 15 is 4.39 Å². The molecule has 0 fully saturated rings. The summed E-state index contributed by atoms with van der Waals surface area (Å²) >= 11 is 0. The van der Waals surface area contributed by atoms with Gasteiger partial charge >= 0.3 is 0 Å². The van der Waals surface area contributed by atoms with E-state index in [1.54, 1.807) is 0 Å². The van der Waals surface area contributed by atoms with E-state index in [2.05, 4.69) is 0 Å². The van der Waals surface area contributed by atoms with Crippen LogP contribution >= 0.6 is 0 Å². The predicted octanol–water partition coefficient (Wildman–Crippen LogP) is 3.77. The van der Waals surface area contributed by atoms with E-state index in [4.69, 9.17) is 24.7 Å². The molecule has 0 spiro atoms. The third-order valence-corrected chi connectivity index (χ3v) is 7.59. The lowest BCUT2D eigenvalue weighted by atomic mass is 10.1. The van der Waals surface area contributed by atoms with Crippen molar-refractivity contribution in [1.82, 2.24) is 4.31 Å². The molecule has 0 aliphatic rings. The zero-order valence-corrected chi connectivity index (χ0v) is 22.0. The largest absolute Gasteiger partial charge is 0.497 e. The van der Waals surface area contributed by atoms with E-state index in [0.717, 1.165) is 0 Å². The van der Waals surface area contributed by atoms with Crippen LogP contribution in [0.1, 0.15) is 21.5 Å². The lowest BCUT2D eigenvalue weighted by Gasteiger charge is -2.25. The normalized spacial score (nSPS) is 11.4. The van der Waals surface area contributed by atoms with Crippen LogP contribution in [0.25, 0.3) is 0 Å². The van der Waals surface area contributed by atoms with E-state index in [1.807, 2.05) is 0 Å².